The molecule has 0 unspecified atom stereocenters. The van der Waals surface area contributed by atoms with E-state index in [0.717, 1.165) is 0 Å². The van der Waals surface area contributed by atoms with E-state index in [2.05, 4.69) is 86.4 Å². The molecule has 1 saturated carbocycles. The summed E-state index contributed by atoms with van der Waals surface area (Å²) in [7, 11) is -2.75. The molecule has 1 aromatic heterocycles. The fourth-order valence-electron chi connectivity index (χ4n) is 6.86. The summed E-state index contributed by atoms with van der Waals surface area (Å²) in [4.78, 5) is 18.3. The largest absolute Gasteiger partial charge is 0.407 e. The Morgan fingerprint density at radius 1 is 0.951 bits per heavy atom. The maximum absolute atomic E-state index is 13.7. The van der Waals surface area contributed by atoms with Crippen LogP contribution in [0.25, 0.3) is 10.9 Å². The number of fused-ring (bicyclic) bond motifs is 2. The minimum Gasteiger partial charge on any atom is -0.407 e. The number of hydrogen-bond donors (Lipinski definition) is 0. The molecule has 4 aromatic rings. The molecular weight excluding hydrogens is 552 g/mol. The average molecular weight is 589 g/mol. The summed E-state index contributed by atoms with van der Waals surface area (Å²) in [5.41, 5.74) is 0.426. The third-order valence-electron chi connectivity index (χ3n) is 8.60. The predicted octanol–water partition coefficient (Wildman–Crippen LogP) is 5.71. The zero-order valence-electron chi connectivity index (χ0n) is 24.2. The van der Waals surface area contributed by atoms with Crippen LogP contribution < -0.4 is 15.9 Å². The molecule has 0 spiro atoms. The lowest BCUT2D eigenvalue weighted by Crippen LogP contribution is -2.67. The fourth-order valence-corrected chi connectivity index (χ4v) is 11.7. The molecule has 6 nitrogen and oxygen atoms in total. The highest BCUT2D eigenvalue weighted by molar-refractivity contribution is 6.99. The number of aromatic nitrogens is 2. The predicted molar refractivity (Wildman–Crippen MR) is 166 cm³/mol. The number of rotatable bonds is 6. The number of benzene rings is 3. The highest BCUT2D eigenvalue weighted by Crippen LogP contribution is 2.47. The molecule has 4 atom stereocenters. The van der Waals surface area contributed by atoms with Crippen molar-refractivity contribution in [3.05, 3.63) is 101 Å². The van der Waals surface area contributed by atoms with E-state index in [1.54, 1.807) is 17.0 Å². The molecule has 1 saturated heterocycles. The summed E-state index contributed by atoms with van der Waals surface area (Å²) in [6, 6.07) is 26.4. The van der Waals surface area contributed by atoms with E-state index in [1.165, 1.54) is 10.4 Å². The van der Waals surface area contributed by atoms with Crippen molar-refractivity contribution in [2.24, 2.45) is 5.92 Å². The molecule has 2 heterocycles. The number of ether oxygens (including phenoxy) is 2. The van der Waals surface area contributed by atoms with Gasteiger partial charge in [0.25, 0.3) is 13.9 Å². The Kier molecular flexibility index (Phi) is 7.23. The molecule has 3 aromatic carbocycles. The lowest BCUT2D eigenvalue weighted by Gasteiger charge is -2.43. The van der Waals surface area contributed by atoms with Gasteiger partial charge < -0.3 is 13.9 Å². The second-order valence-electron chi connectivity index (χ2n) is 12.7. The molecule has 214 valence electrons. The molecule has 6 rings (SSSR count). The van der Waals surface area contributed by atoms with Gasteiger partial charge in [-0.25, -0.2) is 4.98 Å². The zero-order chi connectivity index (χ0) is 29.0. The van der Waals surface area contributed by atoms with Gasteiger partial charge in [-0.15, -0.1) is 0 Å². The first-order chi connectivity index (χ1) is 19.5. The molecule has 8 heteroatoms. The first kappa shape index (κ1) is 28.3. The van der Waals surface area contributed by atoms with Crippen LogP contribution in [-0.2, 0) is 13.9 Å². The van der Waals surface area contributed by atoms with Crippen LogP contribution in [0.5, 0.6) is 0 Å². The lowest BCUT2D eigenvalue weighted by molar-refractivity contribution is -0.161. The van der Waals surface area contributed by atoms with Gasteiger partial charge in [0.15, 0.2) is 5.79 Å². The van der Waals surface area contributed by atoms with Crippen LogP contribution >= 0.6 is 11.6 Å². The molecular formula is C33H37ClN2O4Si. The Hall–Kier alpha value is -2.81. The Morgan fingerprint density at radius 2 is 1.56 bits per heavy atom. The maximum atomic E-state index is 13.7. The summed E-state index contributed by atoms with van der Waals surface area (Å²) in [6.45, 7) is 11.2. The molecule has 2 fully saturated rings. The zero-order valence-corrected chi connectivity index (χ0v) is 26.0. The van der Waals surface area contributed by atoms with E-state index in [-0.39, 0.29) is 34.8 Å². The standard InChI is InChI=1S/C33H37ClN2O4Si/c1-32(2,3)41(23-13-8-6-9-14-23,24-15-10-7-11-16-24)38-20-22-19-27(30-29(22)39-33(4,5)40-30)36-21-35-26-18-12-17-25(34)28(26)31(36)37/h6-18,21-22,27,29-30H,19-20H2,1-5H3/t22-,27-,29-,30+/m1/s1. The first-order valence-electron chi connectivity index (χ1n) is 14.3. The van der Waals surface area contributed by atoms with Gasteiger partial charge >= 0.3 is 0 Å². The van der Waals surface area contributed by atoms with Gasteiger partial charge in [0.1, 0.15) is 6.10 Å². The van der Waals surface area contributed by atoms with Gasteiger partial charge in [0, 0.05) is 12.5 Å². The van der Waals surface area contributed by atoms with Crippen molar-refractivity contribution in [2.75, 3.05) is 6.61 Å². The lowest BCUT2D eigenvalue weighted by atomic mass is 10.1. The van der Waals surface area contributed by atoms with Crippen molar-refractivity contribution in [2.45, 2.75) is 70.1 Å². The number of hydrogen-bond acceptors (Lipinski definition) is 5. The van der Waals surface area contributed by atoms with Crippen molar-refractivity contribution < 1.29 is 13.9 Å². The van der Waals surface area contributed by atoms with Gasteiger partial charge in [-0.05, 0) is 47.8 Å². The molecule has 0 N–H and O–H groups in total. The van der Waals surface area contributed by atoms with Gasteiger partial charge in [0.2, 0.25) is 0 Å². The molecule has 2 aliphatic rings. The highest BCUT2D eigenvalue weighted by Gasteiger charge is 2.57. The summed E-state index contributed by atoms with van der Waals surface area (Å²) in [5.74, 6) is -0.753. The van der Waals surface area contributed by atoms with Crippen molar-refractivity contribution in [3.63, 3.8) is 0 Å². The topological polar surface area (TPSA) is 62.6 Å². The Bertz CT molecular complexity index is 1560. The van der Waals surface area contributed by atoms with Crippen LogP contribution in [0.4, 0.5) is 0 Å². The van der Waals surface area contributed by atoms with Crippen LogP contribution in [-0.4, -0.2) is 42.5 Å². The molecule has 1 aliphatic carbocycles. The monoisotopic (exact) mass is 588 g/mol. The van der Waals surface area contributed by atoms with Crippen LogP contribution in [0, 0.1) is 5.92 Å². The van der Waals surface area contributed by atoms with Crippen molar-refractivity contribution >= 4 is 41.2 Å². The van der Waals surface area contributed by atoms with Gasteiger partial charge in [0.05, 0.1) is 34.4 Å². The third-order valence-corrected chi connectivity index (χ3v) is 13.9. The van der Waals surface area contributed by atoms with Crippen molar-refractivity contribution in [1.29, 1.82) is 0 Å². The van der Waals surface area contributed by atoms with Gasteiger partial charge in [-0.2, -0.15) is 0 Å². The van der Waals surface area contributed by atoms with E-state index < -0.39 is 14.1 Å². The summed E-state index contributed by atoms with van der Waals surface area (Å²) < 4.78 is 22.0. The van der Waals surface area contributed by atoms with E-state index in [1.807, 2.05) is 26.0 Å². The van der Waals surface area contributed by atoms with E-state index >= 15 is 0 Å². The van der Waals surface area contributed by atoms with Crippen molar-refractivity contribution in [1.82, 2.24) is 9.55 Å². The van der Waals surface area contributed by atoms with Crippen LogP contribution in [0.15, 0.2) is 90.0 Å². The maximum Gasteiger partial charge on any atom is 0.263 e. The average Bonchev–Trinajstić information content (AvgIpc) is 3.42. The summed E-state index contributed by atoms with van der Waals surface area (Å²) in [5, 5.41) is 3.16. The summed E-state index contributed by atoms with van der Waals surface area (Å²) >= 11 is 6.46. The minimum atomic E-state index is -2.75. The van der Waals surface area contributed by atoms with Gasteiger partial charge in [-0.1, -0.05) is 99.1 Å². The molecule has 0 bridgehead atoms. The first-order valence-corrected chi connectivity index (χ1v) is 16.6. The second kappa shape index (κ2) is 10.5. The highest BCUT2D eigenvalue weighted by atomic mass is 35.5. The summed E-state index contributed by atoms with van der Waals surface area (Å²) in [6.07, 6.45) is 1.77. The van der Waals surface area contributed by atoms with Crippen LogP contribution in [0.1, 0.15) is 47.1 Å². The molecule has 1 aliphatic heterocycles. The SMILES string of the molecule is CC1(C)O[C@@H]2[C@@H](CO[Si](c3ccccc3)(c3ccccc3)C(C)(C)C)C[C@@H](n3cnc4cccc(Cl)c4c3=O)[C@@H]2O1. The fraction of sp³-hybridized carbons (Fsp3) is 0.394. The van der Waals surface area contributed by atoms with E-state index in [4.69, 9.17) is 25.5 Å². The molecule has 0 amide bonds. The normalized spacial score (nSPS) is 24.0. The van der Waals surface area contributed by atoms with E-state index in [9.17, 15) is 4.79 Å². The van der Waals surface area contributed by atoms with Gasteiger partial charge in [-0.3, -0.25) is 9.36 Å². The van der Waals surface area contributed by atoms with Crippen LogP contribution in [0.3, 0.4) is 0 Å². The quantitative estimate of drug-likeness (QED) is 0.270. The Labute approximate surface area is 247 Å². The smallest absolute Gasteiger partial charge is 0.263 e. The molecule has 41 heavy (non-hydrogen) atoms. The number of nitrogens with zero attached hydrogens (tertiary/aromatic N) is 2. The van der Waals surface area contributed by atoms with Crippen LogP contribution in [0.2, 0.25) is 10.1 Å². The minimum absolute atomic E-state index is 0.0160. The molecule has 0 radical (unpaired) electrons. The Morgan fingerprint density at radius 3 is 2.17 bits per heavy atom. The Balaban J connectivity index is 1.39. The number of halogens is 1. The van der Waals surface area contributed by atoms with E-state index in [0.29, 0.717) is 29.0 Å². The van der Waals surface area contributed by atoms with Crippen molar-refractivity contribution in [3.8, 4) is 0 Å². The third kappa shape index (κ3) is 4.87. The second-order valence-corrected chi connectivity index (χ2v) is 17.4.